The summed E-state index contributed by atoms with van der Waals surface area (Å²) in [4.78, 5) is 25.3. The normalized spacial score (nSPS) is 17.9. The third kappa shape index (κ3) is 3.53. The zero-order valence-corrected chi connectivity index (χ0v) is 13.1. The van der Waals surface area contributed by atoms with Crippen LogP contribution < -0.4 is 0 Å². The molecule has 1 aliphatic rings. The van der Waals surface area contributed by atoms with Crippen molar-refractivity contribution < 1.29 is 14.7 Å². The molecule has 7 nitrogen and oxygen atoms in total. The van der Waals surface area contributed by atoms with Gasteiger partial charge in [0.05, 0.1) is 12.2 Å². The second-order valence-electron chi connectivity index (χ2n) is 5.20. The molecule has 0 bridgehead atoms. The van der Waals surface area contributed by atoms with Gasteiger partial charge in [-0.1, -0.05) is 35.5 Å². The Labute approximate surface area is 137 Å². The highest BCUT2D eigenvalue weighted by atomic mass is 32.2. The molecule has 1 aliphatic heterocycles. The van der Waals surface area contributed by atoms with Crippen LogP contribution in [0.15, 0.2) is 36.5 Å². The van der Waals surface area contributed by atoms with Gasteiger partial charge < -0.3 is 10.0 Å². The molecule has 1 aromatic carbocycles. The second-order valence-corrected chi connectivity index (χ2v) is 6.34. The lowest BCUT2D eigenvalue weighted by atomic mass is 10.1. The van der Waals surface area contributed by atoms with E-state index in [4.69, 9.17) is 5.11 Å². The van der Waals surface area contributed by atoms with Crippen molar-refractivity contribution in [1.29, 1.82) is 0 Å². The Hall–Kier alpha value is -2.35. The number of rotatable bonds is 4. The van der Waals surface area contributed by atoms with Crippen LogP contribution in [0.1, 0.15) is 22.1 Å². The fraction of sp³-hybridized carbons (Fsp3) is 0.333. The maximum Gasteiger partial charge on any atom is 0.358 e. The van der Waals surface area contributed by atoms with Crippen LogP contribution in [0.5, 0.6) is 0 Å². The summed E-state index contributed by atoms with van der Waals surface area (Å²) in [7, 11) is 0. The Morgan fingerprint density at radius 1 is 1.30 bits per heavy atom. The Morgan fingerprint density at radius 2 is 2.09 bits per heavy atom. The Morgan fingerprint density at radius 3 is 2.78 bits per heavy atom. The van der Waals surface area contributed by atoms with Crippen LogP contribution in [-0.2, 0) is 11.3 Å². The molecule has 0 aliphatic carbocycles. The molecular weight excluding hydrogens is 316 g/mol. The number of carboxylic acid groups (broad SMARTS) is 1. The Kier molecular flexibility index (Phi) is 4.61. The van der Waals surface area contributed by atoms with Crippen LogP contribution >= 0.6 is 11.8 Å². The molecule has 1 atom stereocenters. The Bertz CT molecular complexity index is 704. The Balaban J connectivity index is 1.74. The van der Waals surface area contributed by atoms with Gasteiger partial charge in [-0.25, -0.2) is 9.48 Å². The molecule has 0 spiro atoms. The number of nitrogens with zero attached hydrogens (tertiary/aromatic N) is 4. The van der Waals surface area contributed by atoms with E-state index in [1.54, 1.807) is 0 Å². The van der Waals surface area contributed by atoms with E-state index in [1.165, 1.54) is 10.9 Å². The SMILES string of the molecule is O=C(O)c1cn(CC(=O)N2CCSCC2c2ccccc2)nn1. The molecule has 1 N–H and O–H groups in total. The number of hydrogen-bond acceptors (Lipinski definition) is 5. The zero-order chi connectivity index (χ0) is 16.2. The van der Waals surface area contributed by atoms with Gasteiger partial charge in [0.15, 0.2) is 5.69 Å². The van der Waals surface area contributed by atoms with Crippen molar-refractivity contribution in [2.75, 3.05) is 18.1 Å². The van der Waals surface area contributed by atoms with Crippen LogP contribution in [-0.4, -0.2) is 54.9 Å². The fourth-order valence-electron chi connectivity index (χ4n) is 2.56. The van der Waals surface area contributed by atoms with Crippen molar-refractivity contribution in [3.63, 3.8) is 0 Å². The smallest absolute Gasteiger partial charge is 0.358 e. The second kappa shape index (κ2) is 6.82. The molecule has 1 amide bonds. The van der Waals surface area contributed by atoms with Gasteiger partial charge in [-0.2, -0.15) is 11.8 Å². The van der Waals surface area contributed by atoms with E-state index >= 15 is 0 Å². The predicted molar refractivity (Wildman–Crippen MR) is 85.2 cm³/mol. The minimum atomic E-state index is -1.15. The van der Waals surface area contributed by atoms with E-state index in [2.05, 4.69) is 10.3 Å². The monoisotopic (exact) mass is 332 g/mol. The molecule has 120 valence electrons. The van der Waals surface area contributed by atoms with Gasteiger partial charge in [0.25, 0.3) is 0 Å². The number of hydrogen-bond donors (Lipinski definition) is 1. The number of thioether (sulfide) groups is 1. The van der Waals surface area contributed by atoms with Crippen molar-refractivity contribution in [3.05, 3.63) is 47.8 Å². The molecule has 2 heterocycles. The highest BCUT2D eigenvalue weighted by Crippen LogP contribution is 2.29. The third-order valence-electron chi connectivity index (χ3n) is 3.69. The summed E-state index contributed by atoms with van der Waals surface area (Å²) < 4.78 is 1.27. The van der Waals surface area contributed by atoms with E-state index in [0.29, 0.717) is 6.54 Å². The third-order valence-corrected chi connectivity index (χ3v) is 4.71. The predicted octanol–water partition coefficient (Wildman–Crippen LogP) is 1.29. The minimum absolute atomic E-state index is 0.00567. The summed E-state index contributed by atoms with van der Waals surface area (Å²) in [6.45, 7) is 0.665. The summed E-state index contributed by atoms with van der Waals surface area (Å²) in [5.41, 5.74) is 0.949. The average Bonchev–Trinajstić information content (AvgIpc) is 3.04. The van der Waals surface area contributed by atoms with E-state index in [-0.39, 0.29) is 24.2 Å². The molecule has 1 aromatic heterocycles. The summed E-state index contributed by atoms with van der Waals surface area (Å²) in [6, 6.07) is 9.96. The first kappa shape index (κ1) is 15.5. The van der Waals surface area contributed by atoms with Crippen molar-refractivity contribution in [1.82, 2.24) is 19.9 Å². The van der Waals surface area contributed by atoms with Gasteiger partial charge in [-0.3, -0.25) is 4.79 Å². The topological polar surface area (TPSA) is 88.3 Å². The lowest BCUT2D eigenvalue weighted by Crippen LogP contribution is -2.42. The largest absolute Gasteiger partial charge is 0.476 e. The average molecular weight is 332 g/mol. The van der Waals surface area contributed by atoms with Gasteiger partial charge in [-0.05, 0) is 5.56 Å². The lowest BCUT2D eigenvalue weighted by Gasteiger charge is -2.35. The first-order chi connectivity index (χ1) is 11.1. The molecule has 1 fully saturated rings. The van der Waals surface area contributed by atoms with E-state index < -0.39 is 5.97 Å². The molecule has 2 aromatic rings. The molecular formula is C15H16N4O3S. The van der Waals surface area contributed by atoms with Gasteiger partial charge >= 0.3 is 5.97 Å². The molecule has 8 heteroatoms. The van der Waals surface area contributed by atoms with Crippen LogP contribution in [0.2, 0.25) is 0 Å². The molecule has 23 heavy (non-hydrogen) atoms. The van der Waals surface area contributed by atoms with E-state index in [1.807, 2.05) is 47.0 Å². The molecule has 1 saturated heterocycles. The van der Waals surface area contributed by atoms with E-state index in [0.717, 1.165) is 17.1 Å². The van der Waals surface area contributed by atoms with E-state index in [9.17, 15) is 9.59 Å². The van der Waals surface area contributed by atoms with Crippen LogP contribution in [0.4, 0.5) is 0 Å². The minimum Gasteiger partial charge on any atom is -0.476 e. The maximum atomic E-state index is 12.6. The van der Waals surface area contributed by atoms with Crippen molar-refractivity contribution in [2.45, 2.75) is 12.6 Å². The summed E-state index contributed by atoms with van der Waals surface area (Å²) in [5.74, 6) is 0.515. The summed E-state index contributed by atoms with van der Waals surface area (Å²) in [6.07, 6.45) is 1.27. The highest BCUT2D eigenvalue weighted by Gasteiger charge is 2.28. The molecule has 0 radical (unpaired) electrons. The van der Waals surface area contributed by atoms with Crippen LogP contribution in [0.3, 0.4) is 0 Å². The number of carbonyl (C=O) groups excluding carboxylic acids is 1. The van der Waals surface area contributed by atoms with Crippen molar-refractivity contribution in [2.24, 2.45) is 0 Å². The number of benzene rings is 1. The van der Waals surface area contributed by atoms with Gasteiger partial charge in [0.2, 0.25) is 5.91 Å². The quantitative estimate of drug-likeness (QED) is 0.908. The fourth-order valence-corrected chi connectivity index (χ4v) is 3.64. The summed E-state index contributed by atoms with van der Waals surface area (Å²) >= 11 is 1.83. The zero-order valence-electron chi connectivity index (χ0n) is 12.3. The first-order valence-electron chi connectivity index (χ1n) is 7.21. The summed E-state index contributed by atoms with van der Waals surface area (Å²) in [5, 5.41) is 16.1. The number of aromatic carboxylic acids is 1. The van der Waals surface area contributed by atoms with Crippen LogP contribution in [0, 0.1) is 0 Å². The molecule has 1 unspecified atom stereocenters. The number of carbonyl (C=O) groups is 2. The maximum absolute atomic E-state index is 12.6. The standard InChI is InChI=1S/C15H16N4O3S/c20-14(9-18-8-12(15(21)22)16-17-18)19-6-7-23-10-13(19)11-4-2-1-3-5-11/h1-5,8,13H,6-7,9-10H2,(H,21,22). The van der Waals surface area contributed by atoms with Crippen molar-refractivity contribution in [3.8, 4) is 0 Å². The number of aromatic nitrogens is 3. The lowest BCUT2D eigenvalue weighted by molar-refractivity contribution is -0.134. The van der Waals surface area contributed by atoms with Gasteiger partial charge in [0, 0.05) is 18.1 Å². The molecule has 3 rings (SSSR count). The highest BCUT2D eigenvalue weighted by molar-refractivity contribution is 7.99. The van der Waals surface area contributed by atoms with Crippen LogP contribution in [0.25, 0.3) is 0 Å². The molecule has 0 saturated carbocycles. The number of carboxylic acids is 1. The number of amides is 1. The van der Waals surface area contributed by atoms with Gasteiger partial charge in [0.1, 0.15) is 6.54 Å². The van der Waals surface area contributed by atoms with Gasteiger partial charge in [-0.15, -0.1) is 5.10 Å². The van der Waals surface area contributed by atoms with Crippen molar-refractivity contribution >= 4 is 23.6 Å². The first-order valence-corrected chi connectivity index (χ1v) is 8.36.